The standard InChI is InChI=1S/C18H19ClN2O3/c1-23-15-6-8-16(9-7-15)24-13-12-21-18(22)20-11-10-14-4-2-3-5-17(14)19/h2-11H,12-13H2,1H3,(H2,20,21,22)/b11-10+. The van der Waals surface area contributed by atoms with Crippen LogP contribution in [-0.2, 0) is 0 Å². The maximum atomic E-state index is 11.6. The monoisotopic (exact) mass is 346 g/mol. The zero-order chi connectivity index (χ0) is 17.2. The summed E-state index contributed by atoms with van der Waals surface area (Å²) in [6.45, 7) is 0.756. The van der Waals surface area contributed by atoms with Crippen molar-refractivity contribution in [3.63, 3.8) is 0 Å². The van der Waals surface area contributed by atoms with Gasteiger partial charge in [0.2, 0.25) is 0 Å². The van der Waals surface area contributed by atoms with Crippen molar-refractivity contribution in [3.8, 4) is 11.5 Å². The van der Waals surface area contributed by atoms with Crippen LogP contribution in [0.5, 0.6) is 11.5 Å². The Morgan fingerprint density at radius 1 is 1.12 bits per heavy atom. The number of amides is 2. The second-order valence-corrected chi connectivity index (χ2v) is 5.19. The van der Waals surface area contributed by atoms with E-state index in [0.29, 0.717) is 18.2 Å². The molecule has 2 aromatic rings. The normalized spacial score (nSPS) is 10.4. The van der Waals surface area contributed by atoms with E-state index < -0.39 is 0 Å². The third-order valence-corrected chi connectivity index (χ3v) is 3.44. The molecule has 2 amide bonds. The Morgan fingerprint density at radius 2 is 1.83 bits per heavy atom. The van der Waals surface area contributed by atoms with Crippen LogP contribution in [0.2, 0.25) is 5.02 Å². The van der Waals surface area contributed by atoms with E-state index in [1.54, 1.807) is 25.5 Å². The fraction of sp³-hybridized carbons (Fsp3) is 0.167. The number of urea groups is 1. The summed E-state index contributed by atoms with van der Waals surface area (Å²) in [5, 5.41) is 5.93. The number of hydrogen-bond donors (Lipinski definition) is 2. The summed E-state index contributed by atoms with van der Waals surface area (Å²) in [6.07, 6.45) is 3.27. The number of hydrogen-bond acceptors (Lipinski definition) is 3. The van der Waals surface area contributed by atoms with E-state index in [-0.39, 0.29) is 6.03 Å². The fourth-order valence-corrected chi connectivity index (χ4v) is 2.07. The third kappa shape index (κ3) is 5.85. The minimum Gasteiger partial charge on any atom is -0.497 e. The fourth-order valence-electron chi connectivity index (χ4n) is 1.87. The van der Waals surface area contributed by atoms with Gasteiger partial charge in [-0.25, -0.2) is 4.79 Å². The number of carbonyl (C=O) groups is 1. The van der Waals surface area contributed by atoms with E-state index in [1.165, 1.54) is 0 Å². The molecule has 0 bridgehead atoms. The highest BCUT2D eigenvalue weighted by atomic mass is 35.5. The molecule has 0 aromatic heterocycles. The lowest BCUT2D eigenvalue weighted by molar-refractivity contribution is 0.239. The molecule has 0 aliphatic heterocycles. The molecule has 0 spiro atoms. The van der Waals surface area contributed by atoms with Gasteiger partial charge in [-0.05, 0) is 42.0 Å². The number of methoxy groups -OCH3 is 1. The van der Waals surface area contributed by atoms with Crippen molar-refractivity contribution in [2.24, 2.45) is 0 Å². The molecule has 0 saturated carbocycles. The quantitative estimate of drug-likeness (QED) is 0.751. The predicted octanol–water partition coefficient (Wildman–Crippen LogP) is 3.70. The Balaban J connectivity index is 1.65. The SMILES string of the molecule is COc1ccc(OCCNC(=O)N/C=C/c2ccccc2Cl)cc1. The Kier molecular flexibility index (Phi) is 6.98. The second-order valence-electron chi connectivity index (χ2n) is 4.78. The van der Waals surface area contributed by atoms with Gasteiger partial charge in [0, 0.05) is 11.2 Å². The van der Waals surface area contributed by atoms with Crippen molar-refractivity contribution in [3.05, 3.63) is 65.3 Å². The van der Waals surface area contributed by atoms with Crippen molar-refractivity contribution in [1.82, 2.24) is 10.6 Å². The van der Waals surface area contributed by atoms with Crippen LogP contribution in [-0.4, -0.2) is 26.3 Å². The van der Waals surface area contributed by atoms with Gasteiger partial charge in [-0.1, -0.05) is 29.8 Å². The van der Waals surface area contributed by atoms with Gasteiger partial charge in [0.25, 0.3) is 0 Å². The molecule has 0 atom stereocenters. The first kappa shape index (κ1) is 17.7. The Hall–Kier alpha value is -2.66. The smallest absolute Gasteiger partial charge is 0.318 e. The lowest BCUT2D eigenvalue weighted by atomic mass is 10.2. The van der Waals surface area contributed by atoms with Crippen LogP contribution in [0, 0.1) is 0 Å². The zero-order valence-corrected chi connectivity index (χ0v) is 14.0. The van der Waals surface area contributed by atoms with E-state index in [1.807, 2.05) is 42.5 Å². The van der Waals surface area contributed by atoms with Gasteiger partial charge in [0.15, 0.2) is 0 Å². The van der Waals surface area contributed by atoms with E-state index in [4.69, 9.17) is 21.1 Å². The number of ether oxygens (including phenoxy) is 2. The lowest BCUT2D eigenvalue weighted by Gasteiger charge is -2.08. The summed E-state index contributed by atoms with van der Waals surface area (Å²) in [5.41, 5.74) is 0.835. The Morgan fingerprint density at radius 3 is 2.54 bits per heavy atom. The van der Waals surface area contributed by atoms with Crippen LogP contribution < -0.4 is 20.1 Å². The molecule has 0 aliphatic carbocycles. The van der Waals surface area contributed by atoms with Crippen LogP contribution >= 0.6 is 11.6 Å². The van der Waals surface area contributed by atoms with Crippen molar-refractivity contribution in [2.45, 2.75) is 0 Å². The summed E-state index contributed by atoms with van der Waals surface area (Å²) in [4.78, 5) is 11.6. The van der Waals surface area contributed by atoms with Crippen LogP contribution in [0.1, 0.15) is 5.56 Å². The molecule has 0 aliphatic rings. The van der Waals surface area contributed by atoms with Crippen molar-refractivity contribution in [2.75, 3.05) is 20.3 Å². The van der Waals surface area contributed by atoms with Crippen molar-refractivity contribution < 1.29 is 14.3 Å². The van der Waals surface area contributed by atoms with Crippen LogP contribution in [0.3, 0.4) is 0 Å². The summed E-state index contributed by atoms with van der Waals surface area (Å²) < 4.78 is 10.6. The molecule has 0 unspecified atom stereocenters. The highest BCUT2D eigenvalue weighted by Gasteiger charge is 1.99. The summed E-state index contributed by atoms with van der Waals surface area (Å²) in [7, 11) is 1.61. The average Bonchev–Trinajstić information content (AvgIpc) is 2.61. The molecule has 2 aromatic carbocycles. The molecule has 5 nitrogen and oxygen atoms in total. The van der Waals surface area contributed by atoms with E-state index in [9.17, 15) is 4.79 Å². The first-order valence-corrected chi connectivity index (χ1v) is 7.79. The Labute approximate surface area is 146 Å². The second kappa shape index (κ2) is 9.47. The van der Waals surface area contributed by atoms with Crippen LogP contribution in [0.25, 0.3) is 6.08 Å². The molecule has 2 rings (SSSR count). The first-order valence-electron chi connectivity index (χ1n) is 7.41. The van der Waals surface area contributed by atoms with Crippen molar-refractivity contribution >= 4 is 23.7 Å². The van der Waals surface area contributed by atoms with E-state index in [2.05, 4.69) is 10.6 Å². The molecule has 126 valence electrons. The molecule has 0 radical (unpaired) electrons. The maximum absolute atomic E-state index is 11.6. The van der Waals surface area contributed by atoms with Crippen LogP contribution in [0.15, 0.2) is 54.7 Å². The molecule has 0 fully saturated rings. The lowest BCUT2D eigenvalue weighted by Crippen LogP contribution is -2.34. The van der Waals surface area contributed by atoms with Gasteiger partial charge in [-0.2, -0.15) is 0 Å². The van der Waals surface area contributed by atoms with Gasteiger partial charge in [-0.15, -0.1) is 0 Å². The molecular weight excluding hydrogens is 328 g/mol. The average molecular weight is 347 g/mol. The van der Waals surface area contributed by atoms with Gasteiger partial charge in [0.1, 0.15) is 18.1 Å². The van der Waals surface area contributed by atoms with E-state index >= 15 is 0 Å². The third-order valence-electron chi connectivity index (χ3n) is 3.10. The highest BCUT2D eigenvalue weighted by molar-refractivity contribution is 6.32. The number of nitrogens with one attached hydrogen (secondary N) is 2. The number of rotatable bonds is 7. The summed E-state index contributed by atoms with van der Waals surface area (Å²) in [6, 6.07) is 14.3. The number of halogens is 1. The summed E-state index contributed by atoms with van der Waals surface area (Å²) in [5.74, 6) is 1.49. The molecule has 24 heavy (non-hydrogen) atoms. The number of carbonyl (C=O) groups excluding carboxylic acids is 1. The van der Waals surface area contributed by atoms with Crippen LogP contribution in [0.4, 0.5) is 4.79 Å². The molecule has 6 heteroatoms. The topological polar surface area (TPSA) is 59.6 Å². The van der Waals surface area contributed by atoms with Gasteiger partial charge >= 0.3 is 6.03 Å². The van der Waals surface area contributed by atoms with Gasteiger partial charge in [-0.3, -0.25) is 0 Å². The van der Waals surface area contributed by atoms with Gasteiger partial charge in [0.05, 0.1) is 13.7 Å². The summed E-state index contributed by atoms with van der Waals surface area (Å²) >= 11 is 6.02. The minimum absolute atomic E-state index is 0.309. The first-order chi connectivity index (χ1) is 11.7. The molecule has 0 saturated heterocycles. The predicted molar refractivity (Wildman–Crippen MR) is 95.5 cm³/mol. The number of benzene rings is 2. The molecule has 0 heterocycles. The minimum atomic E-state index is -0.309. The largest absolute Gasteiger partial charge is 0.497 e. The Bertz CT molecular complexity index is 687. The molecular formula is C18H19ClN2O3. The van der Waals surface area contributed by atoms with Gasteiger partial charge < -0.3 is 20.1 Å². The zero-order valence-electron chi connectivity index (χ0n) is 13.3. The highest BCUT2D eigenvalue weighted by Crippen LogP contribution is 2.17. The maximum Gasteiger partial charge on any atom is 0.318 e. The van der Waals surface area contributed by atoms with E-state index in [0.717, 1.165) is 17.1 Å². The molecule has 2 N–H and O–H groups in total. The van der Waals surface area contributed by atoms with Crippen molar-refractivity contribution in [1.29, 1.82) is 0 Å².